The van der Waals surface area contributed by atoms with Crippen LogP contribution in [0, 0.1) is 11.6 Å². The molecule has 0 bridgehead atoms. The second-order valence-electron chi connectivity index (χ2n) is 8.32. The largest absolute Gasteiger partial charge is 0.461 e. The lowest BCUT2D eigenvalue weighted by Gasteiger charge is -2.37. The SMILES string of the molecule is CC(O)CC(=O)N[C@](Cc1ccccc1)(c1ccc(F)cc1)c1cc(F)cc(OC(F)(F)C(F)F)c1. The summed E-state index contributed by atoms with van der Waals surface area (Å²) >= 11 is 0. The predicted octanol–water partition coefficient (Wildman–Crippen LogP) is 5.57. The van der Waals surface area contributed by atoms with Crippen molar-refractivity contribution in [3.63, 3.8) is 0 Å². The van der Waals surface area contributed by atoms with E-state index in [1.165, 1.54) is 19.1 Å². The summed E-state index contributed by atoms with van der Waals surface area (Å²) in [6.07, 6.45) is -10.6. The van der Waals surface area contributed by atoms with Gasteiger partial charge in [0, 0.05) is 12.5 Å². The molecule has 3 aromatic carbocycles. The van der Waals surface area contributed by atoms with E-state index in [0.29, 0.717) is 11.6 Å². The summed E-state index contributed by atoms with van der Waals surface area (Å²) in [7, 11) is 0. The van der Waals surface area contributed by atoms with Crippen LogP contribution in [-0.2, 0) is 16.8 Å². The molecule has 0 heterocycles. The molecule has 1 amide bonds. The second-order valence-corrected chi connectivity index (χ2v) is 8.32. The molecule has 0 radical (unpaired) electrons. The molecule has 1 unspecified atom stereocenters. The van der Waals surface area contributed by atoms with Crippen molar-refractivity contribution in [2.45, 2.75) is 43.9 Å². The molecule has 0 aliphatic heterocycles. The fraction of sp³-hybridized carbons (Fsp3) is 0.269. The summed E-state index contributed by atoms with van der Waals surface area (Å²) in [5.41, 5.74) is -0.967. The van der Waals surface area contributed by atoms with Crippen LogP contribution in [-0.4, -0.2) is 29.7 Å². The summed E-state index contributed by atoms with van der Waals surface area (Å²) in [6.45, 7) is 1.37. The number of hydrogen-bond acceptors (Lipinski definition) is 3. The number of ether oxygens (including phenoxy) is 1. The van der Waals surface area contributed by atoms with Gasteiger partial charge in [0.1, 0.15) is 17.4 Å². The van der Waals surface area contributed by atoms with E-state index < -0.39 is 47.5 Å². The predicted molar refractivity (Wildman–Crippen MR) is 120 cm³/mol. The Bertz CT molecular complexity index is 1170. The molecule has 0 aromatic heterocycles. The Hall–Kier alpha value is -3.53. The zero-order valence-electron chi connectivity index (χ0n) is 19.0. The van der Waals surface area contributed by atoms with E-state index in [2.05, 4.69) is 10.1 Å². The Morgan fingerprint density at radius 3 is 2.17 bits per heavy atom. The van der Waals surface area contributed by atoms with E-state index >= 15 is 0 Å². The Kier molecular flexibility index (Phi) is 8.29. The van der Waals surface area contributed by atoms with Gasteiger partial charge in [-0.3, -0.25) is 4.79 Å². The summed E-state index contributed by atoms with van der Waals surface area (Å²) in [4.78, 5) is 12.9. The number of nitrogens with one attached hydrogen (secondary N) is 1. The normalized spacial score (nSPS) is 14.2. The highest BCUT2D eigenvalue weighted by atomic mass is 19.3. The van der Waals surface area contributed by atoms with E-state index in [-0.39, 0.29) is 24.0 Å². The number of carbonyl (C=O) groups is 1. The summed E-state index contributed by atoms with van der Waals surface area (Å²) in [5.74, 6) is -3.30. The van der Waals surface area contributed by atoms with Crippen LogP contribution in [0.3, 0.4) is 0 Å². The highest BCUT2D eigenvalue weighted by molar-refractivity contribution is 5.78. The van der Waals surface area contributed by atoms with Gasteiger partial charge >= 0.3 is 12.5 Å². The van der Waals surface area contributed by atoms with Crippen LogP contribution in [0.15, 0.2) is 72.8 Å². The van der Waals surface area contributed by atoms with Gasteiger partial charge in [0.25, 0.3) is 0 Å². The zero-order chi connectivity index (χ0) is 26.5. The number of halogens is 6. The van der Waals surface area contributed by atoms with Gasteiger partial charge in [-0.25, -0.2) is 8.78 Å². The Balaban J connectivity index is 2.25. The third-order valence-electron chi connectivity index (χ3n) is 5.35. The zero-order valence-corrected chi connectivity index (χ0v) is 19.0. The molecular weight excluding hydrogens is 488 g/mol. The fourth-order valence-corrected chi connectivity index (χ4v) is 3.82. The molecule has 0 fully saturated rings. The summed E-state index contributed by atoms with van der Waals surface area (Å²) in [6, 6.07) is 15.7. The van der Waals surface area contributed by atoms with Crippen LogP contribution >= 0.6 is 0 Å². The third kappa shape index (κ3) is 6.57. The molecule has 2 atom stereocenters. The van der Waals surface area contributed by atoms with E-state index in [4.69, 9.17) is 0 Å². The number of amides is 1. The molecule has 36 heavy (non-hydrogen) atoms. The minimum atomic E-state index is -4.90. The molecule has 0 aliphatic rings. The molecule has 0 spiro atoms. The molecule has 2 N–H and O–H groups in total. The lowest BCUT2D eigenvalue weighted by atomic mass is 9.77. The number of aliphatic hydroxyl groups excluding tert-OH is 1. The van der Waals surface area contributed by atoms with Crippen LogP contribution in [0.4, 0.5) is 26.3 Å². The lowest BCUT2D eigenvalue weighted by molar-refractivity contribution is -0.253. The second kappa shape index (κ2) is 11.0. The minimum Gasteiger partial charge on any atom is -0.428 e. The molecule has 0 saturated carbocycles. The van der Waals surface area contributed by atoms with Crippen LogP contribution < -0.4 is 10.1 Å². The van der Waals surface area contributed by atoms with Crippen molar-refractivity contribution >= 4 is 5.91 Å². The van der Waals surface area contributed by atoms with Gasteiger partial charge in [-0.15, -0.1) is 0 Å². The maximum atomic E-state index is 14.7. The van der Waals surface area contributed by atoms with Crippen LogP contribution in [0.5, 0.6) is 5.75 Å². The van der Waals surface area contributed by atoms with Crippen molar-refractivity contribution in [1.29, 1.82) is 0 Å². The lowest BCUT2D eigenvalue weighted by Crippen LogP contribution is -2.49. The van der Waals surface area contributed by atoms with Gasteiger partial charge in [-0.2, -0.15) is 17.6 Å². The molecular formula is C26H23F6NO3. The van der Waals surface area contributed by atoms with Crippen molar-refractivity contribution in [3.05, 3.63) is 101 Å². The molecule has 3 aromatic rings. The van der Waals surface area contributed by atoms with Gasteiger partial charge in [0.15, 0.2) is 0 Å². The highest BCUT2D eigenvalue weighted by Crippen LogP contribution is 2.38. The quantitative estimate of drug-likeness (QED) is 0.350. The van der Waals surface area contributed by atoms with Gasteiger partial charge in [-0.05, 0) is 47.9 Å². The first kappa shape index (κ1) is 27.1. The maximum Gasteiger partial charge on any atom is 0.461 e. The maximum absolute atomic E-state index is 14.7. The third-order valence-corrected chi connectivity index (χ3v) is 5.35. The Morgan fingerprint density at radius 1 is 0.944 bits per heavy atom. The number of rotatable bonds is 10. The first-order valence-electron chi connectivity index (χ1n) is 10.9. The number of alkyl halides is 4. The van der Waals surface area contributed by atoms with Gasteiger partial charge in [0.05, 0.1) is 18.1 Å². The van der Waals surface area contributed by atoms with Crippen LogP contribution in [0.2, 0.25) is 0 Å². The van der Waals surface area contributed by atoms with Gasteiger partial charge < -0.3 is 15.2 Å². The van der Waals surface area contributed by atoms with E-state index in [1.807, 2.05) is 0 Å². The molecule has 10 heteroatoms. The van der Waals surface area contributed by atoms with E-state index in [9.17, 15) is 36.2 Å². The monoisotopic (exact) mass is 511 g/mol. The van der Waals surface area contributed by atoms with Gasteiger partial charge in [0.2, 0.25) is 5.91 Å². The van der Waals surface area contributed by atoms with Crippen molar-refractivity contribution in [1.82, 2.24) is 5.32 Å². The highest BCUT2D eigenvalue weighted by Gasteiger charge is 2.45. The number of carbonyl (C=O) groups excluding carboxylic acids is 1. The first-order valence-corrected chi connectivity index (χ1v) is 10.9. The van der Waals surface area contributed by atoms with E-state index in [1.54, 1.807) is 30.3 Å². The molecule has 0 saturated heterocycles. The summed E-state index contributed by atoms with van der Waals surface area (Å²) in [5, 5.41) is 12.4. The standard InChI is InChI=1S/C26H23F6NO3/c1-16(34)11-23(35)33-25(15-17-5-3-2-4-6-17,18-7-9-20(27)10-8-18)19-12-21(28)14-22(13-19)36-26(31,32)24(29)30/h2-10,12-14,16,24,34H,11,15H2,1H3,(H,33,35)/t16?,25-/m1/s1. The number of benzene rings is 3. The molecule has 4 nitrogen and oxygen atoms in total. The smallest absolute Gasteiger partial charge is 0.428 e. The van der Waals surface area contributed by atoms with Crippen LogP contribution in [0.25, 0.3) is 0 Å². The molecule has 0 aliphatic carbocycles. The topological polar surface area (TPSA) is 58.6 Å². The van der Waals surface area contributed by atoms with E-state index in [0.717, 1.165) is 24.3 Å². The average Bonchev–Trinajstić information content (AvgIpc) is 2.78. The first-order chi connectivity index (χ1) is 16.9. The molecule has 192 valence electrons. The minimum absolute atomic E-state index is 0.0703. The Labute approximate surface area is 203 Å². The molecule has 3 rings (SSSR count). The van der Waals surface area contributed by atoms with Crippen LogP contribution in [0.1, 0.15) is 30.0 Å². The summed E-state index contributed by atoms with van der Waals surface area (Å²) < 4.78 is 85.3. The van der Waals surface area contributed by atoms with Crippen molar-refractivity contribution in [2.75, 3.05) is 0 Å². The number of aliphatic hydroxyl groups is 1. The van der Waals surface area contributed by atoms with Gasteiger partial charge in [-0.1, -0.05) is 42.5 Å². The number of hydrogen-bond donors (Lipinski definition) is 2. The fourth-order valence-electron chi connectivity index (χ4n) is 3.82. The van der Waals surface area contributed by atoms with Crippen molar-refractivity contribution in [3.8, 4) is 5.75 Å². The van der Waals surface area contributed by atoms with Crippen molar-refractivity contribution < 1.29 is 41.0 Å². The average molecular weight is 511 g/mol. The van der Waals surface area contributed by atoms with Crippen molar-refractivity contribution in [2.24, 2.45) is 0 Å². The Morgan fingerprint density at radius 2 is 1.58 bits per heavy atom.